The van der Waals surface area contributed by atoms with Crippen molar-refractivity contribution in [1.29, 1.82) is 0 Å². The van der Waals surface area contributed by atoms with Crippen molar-refractivity contribution in [3.63, 3.8) is 0 Å². The Bertz CT molecular complexity index is 573. The van der Waals surface area contributed by atoms with E-state index in [9.17, 15) is 4.79 Å². The van der Waals surface area contributed by atoms with Gasteiger partial charge in [0.15, 0.2) is 0 Å². The van der Waals surface area contributed by atoms with Crippen molar-refractivity contribution in [3.05, 3.63) is 44.8 Å². The Morgan fingerprint density at radius 2 is 1.90 bits per heavy atom. The smallest absolute Gasteiger partial charge is 0.339 e. The fourth-order valence-corrected chi connectivity index (χ4v) is 2.93. The summed E-state index contributed by atoms with van der Waals surface area (Å²) in [6, 6.07) is 7.86. The van der Waals surface area contributed by atoms with Crippen LogP contribution in [0.5, 0.6) is 0 Å². The minimum atomic E-state index is -0.254. The minimum absolute atomic E-state index is 0.0286. The molecule has 2 aromatic rings. The van der Waals surface area contributed by atoms with Gasteiger partial charge in [0.2, 0.25) is 0 Å². The first-order valence-corrected chi connectivity index (χ1v) is 8.18. The van der Waals surface area contributed by atoms with Gasteiger partial charge >= 0.3 is 5.97 Å². The van der Waals surface area contributed by atoms with Crippen molar-refractivity contribution >= 4 is 40.3 Å². The number of thiophene rings is 2. The van der Waals surface area contributed by atoms with Crippen molar-refractivity contribution in [2.24, 2.45) is 5.41 Å². The van der Waals surface area contributed by atoms with Gasteiger partial charge in [-0.15, -0.1) is 22.7 Å². The van der Waals surface area contributed by atoms with Crippen LogP contribution in [0, 0.1) is 5.41 Å². The summed E-state index contributed by atoms with van der Waals surface area (Å²) < 4.78 is 5.45. The quantitative estimate of drug-likeness (QED) is 0.591. The van der Waals surface area contributed by atoms with E-state index in [0.29, 0.717) is 12.2 Å². The van der Waals surface area contributed by atoms with E-state index in [1.54, 1.807) is 22.7 Å². The molecular formula is C16H18O2S2. The zero-order valence-electron chi connectivity index (χ0n) is 11.9. The van der Waals surface area contributed by atoms with Crippen LogP contribution in [0.3, 0.4) is 0 Å². The molecular weight excluding hydrogens is 288 g/mol. The number of carbonyl (C=O) groups excluding carboxylic acids is 1. The number of hydrogen-bond acceptors (Lipinski definition) is 4. The third-order valence-electron chi connectivity index (χ3n) is 2.47. The first-order valence-electron chi connectivity index (χ1n) is 6.42. The number of hydrogen-bond donors (Lipinski definition) is 0. The van der Waals surface area contributed by atoms with Crippen LogP contribution in [0.1, 0.15) is 30.5 Å². The monoisotopic (exact) mass is 306 g/mol. The molecule has 2 aromatic heterocycles. The molecule has 0 aliphatic rings. The summed E-state index contributed by atoms with van der Waals surface area (Å²) in [5, 5.41) is 3.97. The third-order valence-corrected chi connectivity index (χ3v) is 4.20. The Morgan fingerprint density at radius 1 is 1.20 bits per heavy atom. The highest BCUT2D eigenvalue weighted by molar-refractivity contribution is 7.12. The Balaban J connectivity index is 2.22. The van der Waals surface area contributed by atoms with Crippen LogP contribution < -0.4 is 0 Å². The first kappa shape index (κ1) is 15.0. The van der Waals surface area contributed by atoms with E-state index >= 15 is 0 Å². The van der Waals surface area contributed by atoms with Crippen LogP contribution >= 0.6 is 22.7 Å². The molecule has 0 radical (unpaired) electrons. The van der Waals surface area contributed by atoms with E-state index in [1.807, 2.05) is 61.9 Å². The zero-order valence-corrected chi connectivity index (χ0v) is 13.5. The molecule has 0 bridgehead atoms. The molecule has 2 heterocycles. The number of ether oxygens (including phenoxy) is 1. The van der Waals surface area contributed by atoms with Crippen LogP contribution in [0.2, 0.25) is 0 Å². The second-order valence-electron chi connectivity index (χ2n) is 5.69. The molecule has 2 nitrogen and oxygen atoms in total. The van der Waals surface area contributed by atoms with Crippen molar-refractivity contribution in [3.8, 4) is 0 Å². The summed E-state index contributed by atoms with van der Waals surface area (Å²) in [4.78, 5) is 14.3. The predicted molar refractivity (Wildman–Crippen MR) is 86.9 cm³/mol. The molecule has 0 aliphatic carbocycles. The highest BCUT2D eigenvalue weighted by atomic mass is 32.1. The average Bonchev–Trinajstić information content (AvgIpc) is 3.04. The Labute approximate surface area is 127 Å². The highest BCUT2D eigenvalue weighted by Gasteiger charge is 2.19. The van der Waals surface area contributed by atoms with Crippen LogP contribution in [0.15, 0.2) is 35.0 Å². The Kier molecular flexibility index (Phi) is 4.78. The molecule has 106 valence electrons. The number of carbonyl (C=O) groups is 1. The van der Waals surface area contributed by atoms with Gasteiger partial charge in [-0.1, -0.05) is 32.9 Å². The van der Waals surface area contributed by atoms with E-state index < -0.39 is 0 Å². The Hall–Kier alpha value is -1.39. The zero-order chi connectivity index (χ0) is 14.6. The van der Waals surface area contributed by atoms with Crippen molar-refractivity contribution in [2.45, 2.75) is 20.8 Å². The summed E-state index contributed by atoms with van der Waals surface area (Å²) >= 11 is 3.16. The fourth-order valence-electron chi connectivity index (χ4n) is 1.54. The maximum atomic E-state index is 12.3. The van der Waals surface area contributed by atoms with E-state index in [-0.39, 0.29) is 11.4 Å². The fraction of sp³-hybridized carbons (Fsp3) is 0.312. The van der Waals surface area contributed by atoms with Gasteiger partial charge in [0.05, 0.1) is 12.2 Å². The standard InChI is InChI=1S/C16H18O2S2/c1-16(2,3)11-18-15(17)13(14-7-5-9-20-14)10-12-6-4-8-19-12/h4-10H,11H2,1-3H3/b13-10+. The van der Waals surface area contributed by atoms with Crippen molar-refractivity contribution < 1.29 is 9.53 Å². The molecule has 0 unspecified atom stereocenters. The molecule has 0 aliphatic heterocycles. The summed E-state index contributed by atoms with van der Waals surface area (Å²) in [5.74, 6) is -0.254. The molecule has 4 heteroatoms. The van der Waals surface area contributed by atoms with E-state index in [0.717, 1.165) is 9.75 Å². The lowest BCUT2D eigenvalue weighted by molar-refractivity contribution is -0.139. The summed E-state index contributed by atoms with van der Waals surface area (Å²) in [5.41, 5.74) is 0.603. The van der Waals surface area contributed by atoms with Crippen LogP contribution in [-0.4, -0.2) is 12.6 Å². The molecule has 0 saturated carbocycles. The third kappa shape index (κ3) is 4.32. The second-order valence-corrected chi connectivity index (χ2v) is 7.61. The maximum absolute atomic E-state index is 12.3. The van der Waals surface area contributed by atoms with Gasteiger partial charge in [-0.05, 0) is 34.4 Å². The molecule has 2 rings (SSSR count). The van der Waals surface area contributed by atoms with Crippen molar-refractivity contribution in [2.75, 3.05) is 6.61 Å². The van der Waals surface area contributed by atoms with Gasteiger partial charge in [0.1, 0.15) is 0 Å². The molecule has 0 spiro atoms. The first-order chi connectivity index (χ1) is 9.46. The lowest BCUT2D eigenvalue weighted by Crippen LogP contribution is -2.18. The Morgan fingerprint density at radius 3 is 2.45 bits per heavy atom. The van der Waals surface area contributed by atoms with Crippen LogP contribution in [0.25, 0.3) is 11.6 Å². The summed E-state index contributed by atoms with van der Waals surface area (Å²) in [6.07, 6.45) is 1.90. The topological polar surface area (TPSA) is 26.3 Å². The van der Waals surface area contributed by atoms with Gasteiger partial charge in [-0.3, -0.25) is 0 Å². The minimum Gasteiger partial charge on any atom is -0.462 e. The molecule has 20 heavy (non-hydrogen) atoms. The SMILES string of the molecule is CC(C)(C)COC(=O)/C(=C/c1cccs1)c1cccs1. The van der Waals surface area contributed by atoms with Crippen LogP contribution in [-0.2, 0) is 9.53 Å². The van der Waals surface area contributed by atoms with E-state index in [1.165, 1.54) is 0 Å². The molecule has 0 fully saturated rings. The second kappa shape index (κ2) is 6.37. The number of esters is 1. The van der Waals surface area contributed by atoms with Gasteiger partial charge in [0.25, 0.3) is 0 Å². The van der Waals surface area contributed by atoms with Crippen LogP contribution in [0.4, 0.5) is 0 Å². The van der Waals surface area contributed by atoms with Gasteiger partial charge in [0, 0.05) is 9.75 Å². The molecule has 0 saturated heterocycles. The maximum Gasteiger partial charge on any atom is 0.339 e. The summed E-state index contributed by atoms with van der Waals surface area (Å²) in [6.45, 7) is 6.56. The average molecular weight is 306 g/mol. The lowest BCUT2D eigenvalue weighted by atomic mass is 9.99. The predicted octanol–water partition coefficient (Wildman–Crippen LogP) is 4.94. The van der Waals surface area contributed by atoms with Crippen molar-refractivity contribution in [1.82, 2.24) is 0 Å². The normalized spacial score (nSPS) is 12.4. The molecule has 0 amide bonds. The largest absolute Gasteiger partial charge is 0.462 e. The highest BCUT2D eigenvalue weighted by Crippen LogP contribution is 2.26. The van der Waals surface area contributed by atoms with Gasteiger partial charge in [-0.2, -0.15) is 0 Å². The molecule has 0 aromatic carbocycles. The van der Waals surface area contributed by atoms with Gasteiger partial charge in [-0.25, -0.2) is 4.79 Å². The lowest BCUT2D eigenvalue weighted by Gasteiger charge is -2.18. The molecule has 0 N–H and O–H groups in total. The molecule has 0 atom stereocenters. The van der Waals surface area contributed by atoms with E-state index in [2.05, 4.69) is 0 Å². The summed E-state index contributed by atoms with van der Waals surface area (Å²) in [7, 11) is 0. The van der Waals surface area contributed by atoms with Gasteiger partial charge < -0.3 is 4.74 Å². The number of rotatable bonds is 4. The van der Waals surface area contributed by atoms with E-state index in [4.69, 9.17) is 4.74 Å².